The molecule has 0 N–H and O–H groups in total. The van der Waals surface area contributed by atoms with Crippen molar-refractivity contribution in [2.75, 3.05) is 6.54 Å². The Kier molecular flexibility index (Phi) is 4.78. The predicted molar refractivity (Wildman–Crippen MR) is 89.8 cm³/mol. The number of amides is 1. The van der Waals surface area contributed by atoms with E-state index in [4.69, 9.17) is 4.74 Å². The van der Waals surface area contributed by atoms with Crippen LogP contribution >= 0.6 is 15.9 Å². The van der Waals surface area contributed by atoms with Crippen LogP contribution in [0.25, 0.3) is 0 Å². The van der Waals surface area contributed by atoms with Gasteiger partial charge in [0.05, 0.1) is 0 Å². The molecule has 1 aliphatic heterocycles. The highest BCUT2D eigenvalue weighted by Crippen LogP contribution is 2.22. The molecule has 0 atom stereocenters. The van der Waals surface area contributed by atoms with Gasteiger partial charge < -0.3 is 9.64 Å². The first-order chi connectivity index (χ1) is 10.8. The van der Waals surface area contributed by atoms with Crippen LogP contribution < -0.4 is 0 Å². The topological polar surface area (TPSA) is 29.5 Å². The summed E-state index contributed by atoms with van der Waals surface area (Å²) in [6.45, 7) is 1.67. The zero-order chi connectivity index (χ0) is 15.4. The number of carbonyl (C=O) groups excluding carboxylic acids is 1. The Hall–Kier alpha value is -1.81. The molecule has 0 spiro atoms. The van der Waals surface area contributed by atoms with Gasteiger partial charge in [0.1, 0.15) is 6.61 Å². The van der Waals surface area contributed by atoms with Gasteiger partial charge in [-0.2, -0.15) is 0 Å². The third-order valence-corrected chi connectivity index (χ3v) is 4.55. The maximum atomic E-state index is 12.2. The lowest BCUT2D eigenvalue weighted by Gasteiger charge is -2.28. The van der Waals surface area contributed by atoms with Crippen LogP contribution in [0, 0.1) is 0 Å². The molecule has 3 rings (SSSR count). The number of benzene rings is 2. The molecule has 0 saturated carbocycles. The van der Waals surface area contributed by atoms with Crippen molar-refractivity contribution in [2.24, 2.45) is 0 Å². The molecular formula is C18H18BrNO2. The molecule has 2 aromatic rings. The van der Waals surface area contributed by atoms with Crippen molar-refractivity contribution in [3.63, 3.8) is 0 Å². The lowest BCUT2D eigenvalue weighted by atomic mass is 9.98. The predicted octanol–water partition coefficient (Wildman–Crippen LogP) is 4.28. The second kappa shape index (κ2) is 6.97. The maximum Gasteiger partial charge on any atom is 0.410 e. The Bertz CT molecular complexity index is 657. The van der Waals surface area contributed by atoms with Gasteiger partial charge in [-0.15, -0.1) is 0 Å². The van der Waals surface area contributed by atoms with E-state index in [1.807, 2.05) is 30.3 Å². The summed E-state index contributed by atoms with van der Waals surface area (Å²) in [5, 5.41) is 0.864. The summed E-state index contributed by atoms with van der Waals surface area (Å²) in [7, 11) is 0. The summed E-state index contributed by atoms with van der Waals surface area (Å²) in [6.07, 6.45) is 0.649. The molecule has 3 nitrogen and oxygen atoms in total. The number of ether oxygens (including phenoxy) is 1. The molecule has 1 heterocycles. The van der Waals surface area contributed by atoms with Gasteiger partial charge in [-0.1, -0.05) is 64.5 Å². The standard InChI is InChI=1S/C18H18BrNO2/c19-11-15-6-7-17-12-20(9-8-16(17)10-15)18(21)22-13-14-4-2-1-3-5-14/h1-7,10H,8-9,11-13H2. The number of rotatable bonds is 3. The van der Waals surface area contributed by atoms with Gasteiger partial charge in [0.25, 0.3) is 0 Å². The Morgan fingerprint density at radius 1 is 1.09 bits per heavy atom. The van der Waals surface area contributed by atoms with Crippen LogP contribution in [0.15, 0.2) is 48.5 Å². The van der Waals surface area contributed by atoms with E-state index in [2.05, 4.69) is 34.1 Å². The van der Waals surface area contributed by atoms with E-state index >= 15 is 0 Å². The first kappa shape index (κ1) is 15.1. The molecule has 22 heavy (non-hydrogen) atoms. The number of halogens is 1. The summed E-state index contributed by atoms with van der Waals surface area (Å²) in [5.74, 6) is 0. The summed E-state index contributed by atoms with van der Waals surface area (Å²) >= 11 is 3.48. The van der Waals surface area contributed by atoms with Gasteiger partial charge in [-0.3, -0.25) is 0 Å². The van der Waals surface area contributed by atoms with Crippen LogP contribution in [0.3, 0.4) is 0 Å². The van der Waals surface area contributed by atoms with Gasteiger partial charge >= 0.3 is 6.09 Å². The molecule has 114 valence electrons. The number of alkyl halides is 1. The molecule has 1 amide bonds. The third kappa shape index (κ3) is 3.50. The summed E-state index contributed by atoms with van der Waals surface area (Å²) in [5.41, 5.74) is 4.84. The molecule has 0 radical (unpaired) electrons. The number of hydrogen-bond acceptors (Lipinski definition) is 2. The fraction of sp³-hybridized carbons (Fsp3) is 0.278. The van der Waals surface area contributed by atoms with Crippen molar-refractivity contribution in [3.05, 3.63) is 70.8 Å². The van der Waals surface area contributed by atoms with Gasteiger partial charge in [0.15, 0.2) is 0 Å². The molecule has 0 aromatic heterocycles. The van der Waals surface area contributed by atoms with Gasteiger partial charge in [0.2, 0.25) is 0 Å². The SMILES string of the molecule is O=C(OCc1ccccc1)N1CCc2cc(CBr)ccc2C1. The monoisotopic (exact) mass is 359 g/mol. The maximum absolute atomic E-state index is 12.2. The Balaban J connectivity index is 1.60. The molecule has 2 aromatic carbocycles. The van der Waals surface area contributed by atoms with Crippen molar-refractivity contribution < 1.29 is 9.53 Å². The lowest BCUT2D eigenvalue weighted by molar-refractivity contribution is 0.0918. The van der Waals surface area contributed by atoms with E-state index in [9.17, 15) is 4.79 Å². The Morgan fingerprint density at radius 3 is 2.68 bits per heavy atom. The van der Waals surface area contributed by atoms with E-state index in [-0.39, 0.29) is 6.09 Å². The average molecular weight is 360 g/mol. The van der Waals surface area contributed by atoms with Crippen LogP contribution in [0.5, 0.6) is 0 Å². The molecule has 0 saturated heterocycles. The second-order valence-corrected chi connectivity index (χ2v) is 6.01. The summed E-state index contributed by atoms with van der Waals surface area (Å²) in [4.78, 5) is 14.0. The zero-order valence-electron chi connectivity index (χ0n) is 12.3. The summed E-state index contributed by atoms with van der Waals surface area (Å²) in [6, 6.07) is 16.2. The molecule has 1 aliphatic rings. The lowest BCUT2D eigenvalue weighted by Crippen LogP contribution is -2.36. The van der Waals surface area contributed by atoms with E-state index < -0.39 is 0 Å². The van der Waals surface area contributed by atoms with E-state index in [0.717, 1.165) is 17.3 Å². The van der Waals surface area contributed by atoms with Crippen molar-refractivity contribution in [2.45, 2.75) is 24.9 Å². The fourth-order valence-electron chi connectivity index (χ4n) is 2.66. The first-order valence-electron chi connectivity index (χ1n) is 7.38. The average Bonchev–Trinajstić information content (AvgIpc) is 2.59. The van der Waals surface area contributed by atoms with Crippen molar-refractivity contribution in [1.82, 2.24) is 4.90 Å². The number of nitrogens with zero attached hydrogens (tertiary/aromatic N) is 1. The van der Waals surface area contributed by atoms with Crippen molar-refractivity contribution >= 4 is 22.0 Å². The van der Waals surface area contributed by atoms with Crippen LogP contribution in [-0.2, 0) is 29.6 Å². The number of fused-ring (bicyclic) bond motifs is 1. The molecule has 0 fully saturated rings. The quantitative estimate of drug-likeness (QED) is 0.765. The third-order valence-electron chi connectivity index (χ3n) is 3.90. The van der Waals surface area contributed by atoms with Crippen LogP contribution in [0.4, 0.5) is 4.79 Å². The minimum atomic E-state index is -0.237. The summed E-state index contributed by atoms with van der Waals surface area (Å²) < 4.78 is 5.41. The van der Waals surface area contributed by atoms with Gasteiger partial charge in [0, 0.05) is 18.4 Å². The van der Waals surface area contributed by atoms with Crippen LogP contribution in [0.1, 0.15) is 22.3 Å². The highest BCUT2D eigenvalue weighted by Gasteiger charge is 2.21. The Morgan fingerprint density at radius 2 is 1.91 bits per heavy atom. The van der Waals surface area contributed by atoms with E-state index in [1.165, 1.54) is 16.7 Å². The second-order valence-electron chi connectivity index (χ2n) is 5.45. The van der Waals surface area contributed by atoms with Gasteiger partial charge in [-0.25, -0.2) is 4.79 Å². The molecule has 0 bridgehead atoms. The smallest absolute Gasteiger partial charge is 0.410 e. The highest BCUT2D eigenvalue weighted by atomic mass is 79.9. The van der Waals surface area contributed by atoms with Crippen LogP contribution in [0.2, 0.25) is 0 Å². The fourth-order valence-corrected chi connectivity index (χ4v) is 3.00. The van der Waals surface area contributed by atoms with Crippen LogP contribution in [-0.4, -0.2) is 17.5 Å². The molecular weight excluding hydrogens is 342 g/mol. The number of carbonyl (C=O) groups is 1. The first-order valence-corrected chi connectivity index (χ1v) is 8.50. The zero-order valence-corrected chi connectivity index (χ0v) is 13.9. The largest absolute Gasteiger partial charge is 0.445 e. The van der Waals surface area contributed by atoms with Gasteiger partial charge in [-0.05, 0) is 28.7 Å². The van der Waals surface area contributed by atoms with E-state index in [1.54, 1.807) is 4.90 Å². The Labute approximate surface area is 139 Å². The number of hydrogen-bond donors (Lipinski definition) is 0. The minimum Gasteiger partial charge on any atom is -0.445 e. The molecule has 4 heteroatoms. The molecule has 0 aliphatic carbocycles. The normalized spacial score (nSPS) is 13.6. The van der Waals surface area contributed by atoms with Crippen molar-refractivity contribution in [1.29, 1.82) is 0 Å². The van der Waals surface area contributed by atoms with E-state index in [0.29, 0.717) is 19.7 Å². The van der Waals surface area contributed by atoms with Crippen molar-refractivity contribution in [3.8, 4) is 0 Å². The minimum absolute atomic E-state index is 0.237. The molecule has 0 unspecified atom stereocenters. The highest BCUT2D eigenvalue weighted by molar-refractivity contribution is 9.08.